The summed E-state index contributed by atoms with van der Waals surface area (Å²) in [6, 6.07) is 15.1. The van der Waals surface area contributed by atoms with Gasteiger partial charge in [-0.15, -0.1) is 0 Å². The number of benzene rings is 1. The lowest BCUT2D eigenvalue weighted by molar-refractivity contribution is -0.114. The lowest BCUT2D eigenvalue weighted by atomic mass is 10.1. The maximum absolute atomic E-state index is 11.3. The monoisotopic (exact) mass is 334 g/mol. The van der Waals surface area contributed by atoms with Crippen molar-refractivity contribution in [2.75, 3.05) is 17.7 Å². The van der Waals surface area contributed by atoms with Crippen LogP contribution in [0.1, 0.15) is 6.92 Å². The van der Waals surface area contributed by atoms with Crippen molar-refractivity contribution < 1.29 is 9.53 Å². The molecule has 0 aliphatic rings. The van der Waals surface area contributed by atoms with Gasteiger partial charge in [-0.25, -0.2) is 4.98 Å². The largest absolute Gasteiger partial charge is 0.497 e. The van der Waals surface area contributed by atoms with Crippen LogP contribution in [0.3, 0.4) is 0 Å². The number of amides is 1. The summed E-state index contributed by atoms with van der Waals surface area (Å²) in [5, 5.41) is 6.05. The first-order valence-electron chi connectivity index (χ1n) is 7.76. The van der Waals surface area contributed by atoms with Gasteiger partial charge in [0.05, 0.1) is 18.5 Å². The van der Waals surface area contributed by atoms with E-state index in [4.69, 9.17) is 4.74 Å². The molecule has 126 valence electrons. The number of nitrogens with one attached hydrogen (secondary N) is 2. The molecule has 2 N–H and O–H groups in total. The van der Waals surface area contributed by atoms with Crippen molar-refractivity contribution in [1.29, 1.82) is 0 Å². The smallest absolute Gasteiger partial charge is 0.222 e. The van der Waals surface area contributed by atoms with E-state index in [-0.39, 0.29) is 5.91 Å². The van der Waals surface area contributed by atoms with Gasteiger partial charge in [-0.05, 0) is 24.3 Å². The zero-order chi connectivity index (χ0) is 17.6. The van der Waals surface area contributed by atoms with Crippen LogP contribution < -0.4 is 15.4 Å². The molecular formula is C19H18N4O2. The summed E-state index contributed by atoms with van der Waals surface area (Å²) in [5.74, 6) is 1.04. The van der Waals surface area contributed by atoms with Crippen molar-refractivity contribution in [1.82, 2.24) is 9.97 Å². The van der Waals surface area contributed by atoms with Gasteiger partial charge in [0.25, 0.3) is 0 Å². The molecule has 1 amide bonds. The lowest BCUT2D eigenvalue weighted by Crippen LogP contribution is -2.08. The standard InChI is InChI=1S/C19H18N4O2/c1-13(24)22-19-11-18(23-14-6-5-7-15(10-14)25-2)16(12-21-19)17-8-3-4-9-20-17/h3-12H,1-2H3,(H2,21,22,23,24). The Hall–Kier alpha value is -3.41. The fourth-order valence-corrected chi connectivity index (χ4v) is 2.39. The van der Waals surface area contributed by atoms with Crippen LogP contribution in [-0.2, 0) is 4.79 Å². The van der Waals surface area contributed by atoms with Crippen molar-refractivity contribution in [3.63, 3.8) is 0 Å². The van der Waals surface area contributed by atoms with E-state index >= 15 is 0 Å². The zero-order valence-electron chi connectivity index (χ0n) is 14.0. The number of nitrogens with zero attached hydrogens (tertiary/aromatic N) is 2. The van der Waals surface area contributed by atoms with E-state index in [1.165, 1.54) is 6.92 Å². The molecule has 3 aromatic rings. The van der Waals surface area contributed by atoms with Gasteiger partial charge in [0.15, 0.2) is 0 Å². The normalized spacial score (nSPS) is 10.2. The first-order chi connectivity index (χ1) is 12.2. The highest BCUT2D eigenvalue weighted by molar-refractivity contribution is 5.89. The summed E-state index contributed by atoms with van der Waals surface area (Å²) in [4.78, 5) is 20.0. The van der Waals surface area contributed by atoms with Gasteiger partial charge in [0.1, 0.15) is 11.6 Å². The van der Waals surface area contributed by atoms with Crippen LogP contribution in [0, 0.1) is 0 Å². The predicted molar refractivity (Wildman–Crippen MR) is 98.0 cm³/mol. The minimum Gasteiger partial charge on any atom is -0.497 e. The van der Waals surface area contributed by atoms with Crippen molar-refractivity contribution >= 4 is 23.1 Å². The Morgan fingerprint density at radius 1 is 1.08 bits per heavy atom. The third-order valence-electron chi connectivity index (χ3n) is 3.50. The number of carbonyl (C=O) groups is 1. The van der Waals surface area contributed by atoms with E-state index < -0.39 is 0 Å². The fraction of sp³-hybridized carbons (Fsp3) is 0.105. The highest BCUT2D eigenvalue weighted by Crippen LogP contribution is 2.31. The highest BCUT2D eigenvalue weighted by atomic mass is 16.5. The van der Waals surface area contributed by atoms with E-state index in [1.54, 1.807) is 25.6 Å². The molecule has 0 saturated heterocycles. The molecule has 2 aromatic heterocycles. The van der Waals surface area contributed by atoms with Gasteiger partial charge in [-0.1, -0.05) is 12.1 Å². The number of aromatic nitrogens is 2. The number of methoxy groups -OCH3 is 1. The third kappa shape index (κ3) is 4.11. The summed E-state index contributed by atoms with van der Waals surface area (Å²) in [5.41, 5.74) is 3.26. The second-order valence-electron chi connectivity index (χ2n) is 5.37. The van der Waals surface area contributed by atoms with Gasteiger partial charge in [-0.3, -0.25) is 9.78 Å². The van der Waals surface area contributed by atoms with Gasteiger partial charge in [0, 0.05) is 42.7 Å². The number of anilines is 3. The molecule has 1 aromatic carbocycles. The van der Waals surface area contributed by atoms with Crippen LogP contribution in [0.5, 0.6) is 5.75 Å². The maximum atomic E-state index is 11.3. The molecule has 2 heterocycles. The molecule has 0 saturated carbocycles. The molecule has 3 rings (SSSR count). The summed E-state index contributed by atoms with van der Waals surface area (Å²) in [6.45, 7) is 1.45. The van der Waals surface area contributed by atoms with Crippen molar-refractivity contribution in [2.45, 2.75) is 6.92 Å². The van der Waals surface area contributed by atoms with E-state index in [2.05, 4.69) is 20.6 Å². The number of carbonyl (C=O) groups excluding carboxylic acids is 1. The Kier molecular flexibility index (Phi) is 4.89. The Morgan fingerprint density at radius 2 is 1.96 bits per heavy atom. The molecule has 6 heteroatoms. The average molecular weight is 334 g/mol. The summed E-state index contributed by atoms with van der Waals surface area (Å²) in [7, 11) is 1.62. The molecular weight excluding hydrogens is 316 g/mol. The first kappa shape index (κ1) is 16.4. The second kappa shape index (κ2) is 7.44. The second-order valence-corrected chi connectivity index (χ2v) is 5.37. The Balaban J connectivity index is 2.02. The topological polar surface area (TPSA) is 76.1 Å². The quantitative estimate of drug-likeness (QED) is 0.741. The van der Waals surface area contributed by atoms with Crippen molar-refractivity contribution in [2.24, 2.45) is 0 Å². The number of hydrogen-bond donors (Lipinski definition) is 2. The molecule has 0 radical (unpaired) electrons. The fourth-order valence-electron chi connectivity index (χ4n) is 2.39. The minimum absolute atomic E-state index is 0.176. The van der Waals surface area contributed by atoms with E-state index in [9.17, 15) is 4.79 Å². The molecule has 25 heavy (non-hydrogen) atoms. The van der Waals surface area contributed by atoms with Crippen LogP contribution >= 0.6 is 0 Å². The number of pyridine rings is 2. The zero-order valence-corrected chi connectivity index (χ0v) is 14.0. The van der Waals surface area contributed by atoms with E-state index in [0.29, 0.717) is 5.82 Å². The molecule has 0 bridgehead atoms. The van der Waals surface area contributed by atoms with Crippen LogP contribution in [0.2, 0.25) is 0 Å². The van der Waals surface area contributed by atoms with E-state index in [1.807, 2.05) is 42.5 Å². The van der Waals surface area contributed by atoms with Gasteiger partial charge in [0.2, 0.25) is 5.91 Å². The van der Waals surface area contributed by atoms with Crippen LogP contribution in [0.15, 0.2) is 60.9 Å². The summed E-state index contributed by atoms with van der Waals surface area (Å²) < 4.78 is 5.26. The van der Waals surface area contributed by atoms with Gasteiger partial charge >= 0.3 is 0 Å². The van der Waals surface area contributed by atoms with Crippen LogP contribution in [-0.4, -0.2) is 23.0 Å². The molecule has 0 fully saturated rings. The third-order valence-corrected chi connectivity index (χ3v) is 3.50. The molecule has 0 aliphatic carbocycles. The number of ether oxygens (including phenoxy) is 1. The lowest BCUT2D eigenvalue weighted by Gasteiger charge is -2.14. The van der Waals surface area contributed by atoms with Crippen LogP contribution in [0.25, 0.3) is 11.3 Å². The van der Waals surface area contributed by atoms with Crippen LogP contribution in [0.4, 0.5) is 17.2 Å². The Bertz CT molecular complexity index is 882. The number of rotatable bonds is 5. The maximum Gasteiger partial charge on any atom is 0.222 e. The molecule has 0 aliphatic heterocycles. The SMILES string of the molecule is COc1cccc(Nc2cc(NC(C)=O)ncc2-c2ccccn2)c1. The number of hydrogen-bond acceptors (Lipinski definition) is 5. The molecule has 0 spiro atoms. The molecule has 0 atom stereocenters. The summed E-state index contributed by atoms with van der Waals surface area (Å²) in [6.07, 6.45) is 3.42. The van der Waals surface area contributed by atoms with Crippen molar-refractivity contribution in [3.8, 4) is 17.0 Å². The van der Waals surface area contributed by atoms with Gasteiger partial charge < -0.3 is 15.4 Å². The molecule has 6 nitrogen and oxygen atoms in total. The predicted octanol–water partition coefficient (Wildman–Crippen LogP) is 3.85. The average Bonchev–Trinajstić information content (AvgIpc) is 2.62. The molecule has 0 unspecified atom stereocenters. The highest BCUT2D eigenvalue weighted by Gasteiger charge is 2.10. The van der Waals surface area contributed by atoms with E-state index in [0.717, 1.165) is 28.4 Å². The van der Waals surface area contributed by atoms with Crippen molar-refractivity contribution in [3.05, 3.63) is 60.9 Å². The first-order valence-corrected chi connectivity index (χ1v) is 7.76. The Labute approximate surface area is 145 Å². The van der Waals surface area contributed by atoms with Gasteiger partial charge in [-0.2, -0.15) is 0 Å². The summed E-state index contributed by atoms with van der Waals surface area (Å²) >= 11 is 0. The minimum atomic E-state index is -0.176. The Morgan fingerprint density at radius 3 is 2.68 bits per heavy atom.